The number of hydrogen-bond acceptors (Lipinski definition) is 3. The lowest BCUT2D eigenvalue weighted by Crippen LogP contribution is -2.30. The zero-order valence-electron chi connectivity index (χ0n) is 9.06. The maximum Gasteiger partial charge on any atom is 0.224 e. The second kappa shape index (κ2) is 4.13. The molecule has 0 saturated heterocycles. The third kappa shape index (κ3) is 3.14. The van der Waals surface area contributed by atoms with E-state index in [-0.39, 0.29) is 5.54 Å². The number of anilines is 1. The Kier molecular flexibility index (Phi) is 3.32. The first-order chi connectivity index (χ1) is 6.43. The van der Waals surface area contributed by atoms with E-state index in [9.17, 15) is 0 Å². The van der Waals surface area contributed by atoms with Crippen molar-refractivity contribution < 1.29 is 0 Å². The molecule has 0 fully saturated rings. The van der Waals surface area contributed by atoms with Gasteiger partial charge in [-0.3, -0.25) is 0 Å². The first-order valence-electron chi connectivity index (χ1n) is 4.72. The van der Waals surface area contributed by atoms with Crippen molar-refractivity contribution in [2.75, 3.05) is 5.32 Å². The summed E-state index contributed by atoms with van der Waals surface area (Å²) >= 11 is 5.76. The summed E-state index contributed by atoms with van der Waals surface area (Å²) in [4.78, 5) is 8.11. The summed E-state index contributed by atoms with van der Waals surface area (Å²) in [6, 6.07) is 1.89. The molecule has 0 atom stereocenters. The van der Waals surface area contributed by atoms with E-state index in [1.165, 1.54) is 0 Å². The van der Waals surface area contributed by atoms with E-state index in [2.05, 4.69) is 36.1 Å². The van der Waals surface area contributed by atoms with Crippen molar-refractivity contribution in [3.63, 3.8) is 0 Å². The van der Waals surface area contributed by atoms with Crippen LogP contribution < -0.4 is 5.32 Å². The average molecular weight is 214 g/mol. The predicted octanol–water partition coefficient (Wildman–Crippen LogP) is 3.04. The number of hydrogen-bond donors (Lipinski definition) is 1. The number of nitrogens with zero attached hydrogens (tertiary/aromatic N) is 2. The van der Waals surface area contributed by atoms with Crippen LogP contribution in [0.4, 0.5) is 5.82 Å². The van der Waals surface area contributed by atoms with E-state index in [1.54, 1.807) is 0 Å². The van der Waals surface area contributed by atoms with Gasteiger partial charge in [-0.05, 0) is 38.8 Å². The molecule has 0 aliphatic carbocycles. The molecule has 1 aromatic heterocycles. The summed E-state index contributed by atoms with van der Waals surface area (Å²) in [6.07, 6.45) is 1.02. The largest absolute Gasteiger partial charge is 0.365 e. The molecule has 0 radical (unpaired) electrons. The summed E-state index contributed by atoms with van der Waals surface area (Å²) in [5, 5.41) is 3.61. The van der Waals surface area contributed by atoms with Crippen LogP contribution in [-0.2, 0) is 0 Å². The number of aryl methyl sites for hydroxylation is 1. The van der Waals surface area contributed by atoms with Gasteiger partial charge in [0.05, 0.1) is 0 Å². The molecule has 1 N–H and O–H groups in total. The van der Waals surface area contributed by atoms with E-state index in [0.717, 1.165) is 17.9 Å². The SMILES string of the molecule is CCC(C)(C)Nc1cc(C)nc(Cl)n1. The van der Waals surface area contributed by atoms with Crippen molar-refractivity contribution in [1.82, 2.24) is 9.97 Å². The van der Waals surface area contributed by atoms with Crippen molar-refractivity contribution in [3.8, 4) is 0 Å². The Labute approximate surface area is 89.9 Å². The zero-order valence-corrected chi connectivity index (χ0v) is 9.81. The second-order valence-corrected chi connectivity index (χ2v) is 4.36. The van der Waals surface area contributed by atoms with Crippen molar-refractivity contribution >= 4 is 17.4 Å². The summed E-state index contributed by atoms with van der Waals surface area (Å²) in [7, 11) is 0. The molecule has 0 aliphatic heterocycles. The lowest BCUT2D eigenvalue weighted by molar-refractivity contribution is 0.544. The van der Waals surface area contributed by atoms with Gasteiger partial charge < -0.3 is 5.32 Å². The topological polar surface area (TPSA) is 37.8 Å². The van der Waals surface area contributed by atoms with Crippen LogP contribution in [0, 0.1) is 6.92 Å². The highest BCUT2D eigenvalue weighted by molar-refractivity contribution is 6.28. The fourth-order valence-electron chi connectivity index (χ4n) is 1.03. The van der Waals surface area contributed by atoms with Crippen LogP contribution in [-0.4, -0.2) is 15.5 Å². The van der Waals surface area contributed by atoms with Gasteiger partial charge in [0.15, 0.2) is 0 Å². The molecule has 0 unspecified atom stereocenters. The minimum atomic E-state index is 0.0319. The van der Waals surface area contributed by atoms with Gasteiger partial charge in [-0.1, -0.05) is 6.92 Å². The Hall–Kier alpha value is -0.830. The third-order valence-corrected chi connectivity index (χ3v) is 2.35. The monoisotopic (exact) mass is 213 g/mol. The third-order valence-electron chi connectivity index (χ3n) is 2.18. The molecule has 0 aliphatic rings. The standard InChI is InChI=1S/C10H16ClN3/c1-5-10(3,4)14-8-6-7(2)12-9(11)13-8/h6H,5H2,1-4H3,(H,12,13,14). The normalized spacial score (nSPS) is 11.5. The smallest absolute Gasteiger partial charge is 0.224 e. The van der Waals surface area contributed by atoms with Crippen LogP contribution in [0.2, 0.25) is 5.28 Å². The summed E-state index contributed by atoms with van der Waals surface area (Å²) < 4.78 is 0. The quantitative estimate of drug-likeness (QED) is 0.785. The molecule has 0 saturated carbocycles. The van der Waals surface area contributed by atoms with Crippen LogP contribution in [0.25, 0.3) is 0 Å². The molecule has 4 heteroatoms. The van der Waals surface area contributed by atoms with E-state index < -0.39 is 0 Å². The molecule has 0 aromatic carbocycles. The molecule has 14 heavy (non-hydrogen) atoms. The molecule has 1 heterocycles. The number of nitrogens with one attached hydrogen (secondary N) is 1. The first kappa shape index (κ1) is 11.2. The Balaban J connectivity index is 2.87. The first-order valence-corrected chi connectivity index (χ1v) is 5.10. The van der Waals surface area contributed by atoms with Crippen molar-refractivity contribution in [2.45, 2.75) is 39.7 Å². The zero-order chi connectivity index (χ0) is 10.8. The molecule has 1 rings (SSSR count). The molecule has 3 nitrogen and oxygen atoms in total. The van der Waals surface area contributed by atoms with Gasteiger partial charge in [0, 0.05) is 17.3 Å². The highest BCUT2D eigenvalue weighted by atomic mass is 35.5. The summed E-state index contributed by atoms with van der Waals surface area (Å²) in [5.41, 5.74) is 0.906. The Bertz CT molecular complexity index is 303. The van der Waals surface area contributed by atoms with Crippen LogP contribution in [0.3, 0.4) is 0 Å². The predicted molar refractivity (Wildman–Crippen MR) is 59.8 cm³/mol. The highest BCUT2D eigenvalue weighted by Crippen LogP contribution is 2.17. The maximum atomic E-state index is 5.76. The van der Waals surface area contributed by atoms with Crippen molar-refractivity contribution in [2.24, 2.45) is 0 Å². The van der Waals surface area contributed by atoms with Gasteiger partial charge in [-0.15, -0.1) is 0 Å². The van der Waals surface area contributed by atoms with Gasteiger partial charge in [-0.2, -0.15) is 0 Å². The van der Waals surface area contributed by atoms with E-state index in [1.807, 2.05) is 13.0 Å². The Morgan fingerprint density at radius 3 is 2.57 bits per heavy atom. The number of halogens is 1. The molecule has 0 amide bonds. The van der Waals surface area contributed by atoms with Crippen LogP contribution in [0.5, 0.6) is 0 Å². The van der Waals surface area contributed by atoms with Gasteiger partial charge in [0.25, 0.3) is 0 Å². The van der Waals surface area contributed by atoms with Crippen LogP contribution >= 0.6 is 11.6 Å². The minimum Gasteiger partial charge on any atom is -0.365 e. The molecule has 0 spiro atoms. The van der Waals surface area contributed by atoms with E-state index >= 15 is 0 Å². The van der Waals surface area contributed by atoms with Crippen molar-refractivity contribution in [1.29, 1.82) is 0 Å². The van der Waals surface area contributed by atoms with Crippen molar-refractivity contribution in [3.05, 3.63) is 17.0 Å². The maximum absolute atomic E-state index is 5.76. The molecular weight excluding hydrogens is 198 g/mol. The van der Waals surface area contributed by atoms with Gasteiger partial charge in [-0.25, -0.2) is 9.97 Å². The van der Waals surface area contributed by atoms with E-state index in [4.69, 9.17) is 11.6 Å². The Morgan fingerprint density at radius 1 is 1.43 bits per heavy atom. The van der Waals surface area contributed by atoms with Gasteiger partial charge >= 0.3 is 0 Å². The number of rotatable bonds is 3. The summed E-state index contributed by atoms with van der Waals surface area (Å²) in [6.45, 7) is 8.27. The molecular formula is C10H16ClN3. The van der Waals surface area contributed by atoms with Gasteiger partial charge in [0.1, 0.15) is 5.82 Å². The number of aromatic nitrogens is 2. The molecule has 0 bridgehead atoms. The second-order valence-electron chi connectivity index (χ2n) is 4.03. The fourth-order valence-corrected chi connectivity index (χ4v) is 1.26. The summed E-state index contributed by atoms with van der Waals surface area (Å²) in [5.74, 6) is 0.786. The van der Waals surface area contributed by atoms with Gasteiger partial charge in [0.2, 0.25) is 5.28 Å². The Morgan fingerprint density at radius 2 is 2.07 bits per heavy atom. The average Bonchev–Trinajstić information content (AvgIpc) is 2.01. The molecule has 78 valence electrons. The lowest BCUT2D eigenvalue weighted by Gasteiger charge is -2.25. The van der Waals surface area contributed by atoms with Crippen LogP contribution in [0.1, 0.15) is 32.9 Å². The minimum absolute atomic E-state index is 0.0319. The fraction of sp³-hybridized carbons (Fsp3) is 0.600. The molecule has 1 aromatic rings. The van der Waals surface area contributed by atoms with E-state index in [0.29, 0.717) is 5.28 Å². The van der Waals surface area contributed by atoms with Crippen LogP contribution in [0.15, 0.2) is 6.07 Å². The lowest BCUT2D eigenvalue weighted by atomic mass is 10.0. The highest BCUT2D eigenvalue weighted by Gasteiger charge is 2.15.